The predicted molar refractivity (Wildman–Crippen MR) is 108 cm³/mol. The summed E-state index contributed by atoms with van der Waals surface area (Å²) in [5.41, 5.74) is 1.87. The highest BCUT2D eigenvalue weighted by Crippen LogP contribution is 2.28. The van der Waals surface area contributed by atoms with Gasteiger partial charge in [-0.25, -0.2) is 4.79 Å². The Morgan fingerprint density at radius 1 is 1.17 bits per heavy atom. The molecule has 7 nitrogen and oxygen atoms in total. The van der Waals surface area contributed by atoms with E-state index >= 15 is 0 Å². The third-order valence-electron chi connectivity index (χ3n) is 3.73. The number of para-hydroxylation sites is 1. The standard InChI is InChI=1S/C20H17F2N3O4S/c1-12-10-18(29-25-12)24-17(26)11-28-19(27)15-4-2-3-5-16(15)23-13-6-8-14(9-7-13)30-20(21)22/h2-10,20,23H,11H2,1H3,(H,24,26). The van der Waals surface area contributed by atoms with Gasteiger partial charge in [0, 0.05) is 16.6 Å². The molecule has 0 spiro atoms. The van der Waals surface area contributed by atoms with E-state index in [1.54, 1.807) is 55.5 Å². The normalized spacial score (nSPS) is 10.7. The number of alkyl halides is 2. The molecule has 0 saturated heterocycles. The van der Waals surface area contributed by atoms with E-state index in [-0.39, 0.29) is 11.4 Å². The molecule has 0 bridgehead atoms. The summed E-state index contributed by atoms with van der Waals surface area (Å²) in [5, 5.41) is 9.11. The number of hydrogen-bond acceptors (Lipinski definition) is 7. The van der Waals surface area contributed by atoms with Crippen molar-refractivity contribution >= 4 is 40.9 Å². The van der Waals surface area contributed by atoms with Gasteiger partial charge in [0.15, 0.2) is 6.61 Å². The number of aryl methyl sites for hydroxylation is 1. The van der Waals surface area contributed by atoms with Crippen LogP contribution in [0.15, 0.2) is 64.0 Å². The van der Waals surface area contributed by atoms with Crippen molar-refractivity contribution in [1.29, 1.82) is 0 Å². The van der Waals surface area contributed by atoms with Gasteiger partial charge >= 0.3 is 5.97 Å². The first-order chi connectivity index (χ1) is 14.4. The molecule has 1 heterocycles. The molecule has 3 rings (SSSR count). The molecule has 0 saturated carbocycles. The molecular weight excluding hydrogens is 416 g/mol. The topological polar surface area (TPSA) is 93.5 Å². The first kappa shape index (κ1) is 21.3. The Balaban J connectivity index is 1.61. The van der Waals surface area contributed by atoms with Crippen LogP contribution >= 0.6 is 11.8 Å². The van der Waals surface area contributed by atoms with Crippen molar-refractivity contribution in [3.05, 3.63) is 65.9 Å². The summed E-state index contributed by atoms with van der Waals surface area (Å²) in [6.07, 6.45) is 0. The molecule has 1 amide bonds. The van der Waals surface area contributed by atoms with Gasteiger partial charge in [-0.15, -0.1) is 0 Å². The van der Waals surface area contributed by atoms with Gasteiger partial charge in [-0.1, -0.05) is 29.1 Å². The SMILES string of the molecule is Cc1cc(NC(=O)COC(=O)c2ccccc2Nc2ccc(SC(F)F)cc2)on1. The van der Waals surface area contributed by atoms with Crippen molar-refractivity contribution in [3.8, 4) is 0 Å². The minimum absolute atomic E-state index is 0.157. The molecule has 1 aromatic heterocycles. The zero-order valence-electron chi connectivity index (χ0n) is 15.7. The first-order valence-corrected chi connectivity index (χ1v) is 9.60. The average molecular weight is 433 g/mol. The lowest BCUT2D eigenvalue weighted by atomic mass is 10.1. The van der Waals surface area contributed by atoms with Gasteiger partial charge in [0.1, 0.15) is 0 Å². The minimum Gasteiger partial charge on any atom is -0.452 e. The second-order valence-electron chi connectivity index (χ2n) is 6.03. The smallest absolute Gasteiger partial charge is 0.340 e. The largest absolute Gasteiger partial charge is 0.452 e. The van der Waals surface area contributed by atoms with Gasteiger partial charge in [-0.05, 0) is 43.3 Å². The number of thioether (sulfide) groups is 1. The number of carbonyl (C=O) groups is 2. The second-order valence-corrected chi connectivity index (χ2v) is 7.09. The number of anilines is 3. The fourth-order valence-electron chi connectivity index (χ4n) is 2.45. The summed E-state index contributed by atoms with van der Waals surface area (Å²) >= 11 is 0.449. The molecule has 156 valence electrons. The van der Waals surface area contributed by atoms with Crippen LogP contribution in [0.2, 0.25) is 0 Å². The van der Waals surface area contributed by atoms with Crippen LogP contribution in [0.1, 0.15) is 16.1 Å². The Morgan fingerprint density at radius 2 is 1.90 bits per heavy atom. The van der Waals surface area contributed by atoms with Crippen molar-refractivity contribution < 1.29 is 27.6 Å². The maximum absolute atomic E-state index is 12.4. The Bertz CT molecular complexity index is 1020. The maximum atomic E-state index is 12.4. The fourth-order valence-corrected chi connectivity index (χ4v) is 2.95. The van der Waals surface area contributed by atoms with Crippen molar-refractivity contribution in [2.75, 3.05) is 17.2 Å². The van der Waals surface area contributed by atoms with Crippen molar-refractivity contribution in [2.24, 2.45) is 0 Å². The zero-order chi connectivity index (χ0) is 21.5. The molecule has 2 N–H and O–H groups in total. The highest BCUT2D eigenvalue weighted by atomic mass is 32.2. The van der Waals surface area contributed by atoms with E-state index in [1.807, 2.05) is 0 Å². The summed E-state index contributed by atoms with van der Waals surface area (Å²) in [4.78, 5) is 24.7. The van der Waals surface area contributed by atoms with E-state index in [1.165, 1.54) is 6.07 Å². The number of nitrogens with zero attached hydrogens (tertiary/aromatic N) is 1. The summed E-state index contributed by atoms with van der Waals surface area (Å²) in [6.45, 7) is 1.20. The maximum Gasteiger partial charge on any atom is 0.340 e. The second kappa shape index (κ2) is 9.88. The molecule has 3 aromatic rings. The van der Waals surface area contributed by atoms with E-state index in [4.69, 9.17) is 9.26 Å². The lowest BCUT2D eigenvalue weighted by Crippen LogP contribution is -2.21. The first-order valence-electron chi connectivity index (χ1n) is 8.72. The molecule has 0 fully saturated rings. The number of benzene rings is 2. The third kappa shape index (κ3) is 6.05. The van der Waals surface area contributed by atoms with E-state index < -0.39 is 24.2 Å². The number of esters is 1. The van der Waals surface area contributed by atoms with Crippen LogP contribution in [-0.4, -0.2) is 29.4 Å². The van der Waals surface area contributed by atoms with Gasteiger partial charge in [-0.2, -0.15) is 8.78 Å². The van der Waals surface area contributed by atoms with Crippen molar-refractivity contribution in [1.82, 2.24) is 5.16 Å². The van der Waals surface area contributed by atoms with E-state index in [2.05, 4.69) is 15.8 Å². The van der Waals surface area contributed by atoms with Gasteiger partial charge in [0.2, 0.25) is 5.88 Å². The van der Waals surface area contributed by atoms with Crippen LogP contribution in [0.3, 0.4) is 0 Å². The van der Waals surface area contributed by atoms with E-state index in [0.717, 1.165) is 0 Å². The monoisotopic (exact) mass is 433 g/mol. The molecule has 0 radical (unpaired) electrons. The van der Waals surface area contributed by atoms with Gasteiger partial charge in [0.05, 0.1) is 16.9 Å². The van der Waals surface area contributed by atoms with Crippen molar-refractivity contribution in [2.45, 2.75) is 17.6 Å². The van der Waals surface area contributed by atoms with Gasteiger partial charge in [-0.3, -0.25) is 10.1 Å². The number of ether oxygens (including phenoxy) is 1. The minimum atomic E-state index is -2.50. The number of rotatable bonds is 8. The summed E-state index contributed by atoms with van der Waals surface area (Å²) in [6, 6.07) is 14.5. The van der Waals surface area contributed by atoms with Crippen LogP contribution in [-0.2, 0) is 9.53 Å². The van der Waals surface area contributed by atoms with Gasteiger partial charge in [0.25, 0.3) is 11.7 Å². The fraction of sp³-hybridized carbons (Fsp3) is 0.150. The highest BCUT2D eigenvalue weighted by Gasteiger charge is 2.15. The van der Waals surface area contributed by atoms with Crippen LogP contribution < -0.4 is 10.6 Å². The van der Waals surface area contributed by atoms with Crippen LogP contribution in [0.25, 0.3) is 0 Å². The number of nitrogens with one attached hydrogen (secondary N) is 2. The Morgan fingerprint density at radius 3 is 2.57 bits per heavy atom. The lowest BCUT2D eigenvalue weighted by molar-refractivity contribution is -0.119. The highest BCUT2D eigenvalue weighted by molar-refractivity contribution is 7.99. The molecule has 10 heteroatoms. The molecule has 0 aliphatic rings. The van der Waals surface area contributed by atoms with Crippen LogP contribution in [0.5, 0.6) is 0 Å². The Kier molecular flexibility index (Phi) is 7.02. The van der Waals surface area contributed by atoms with Crippen LogP contribution in [0.4, 0.5) is 26.0 Å². The quantitative estimate of drug-likeness (QED) is 0.388. The summed E-state index contributed by atoms with van der Waals surface area (Å²) in [7, 11) is 0. The number of amides is 1. The Labute approximate surface area is 174 Å². The number of carbonyl (C=O) groups excluding carboxylic acids is 2. The van der Waals surface area contributed by atoms with Gasteiger partial charge < -0.3 is 14.6 Å². The zero-order valence-corrected chi connectivity index (χ0v) is 16.5. The number of aromatic nitrogens is 1. The number of hydrogen-bond donors (Lipinski definition) is 2. The molecular formula is C20H17F2N3O4S. The molecule has 2 aromatic carbocycles. The molecule has 0 atom stereocenters. The van der Waals surface area contributed by atoms with Crippen LogP contribution in [0, 0.1) is 6.92 Å². The summed E-state index contributed by atoms with van der Waals surface area (Å²) < 4.78 is 34.8. The molecule has 0 unspecified atom stereocenters. The Hall–Kier alpha value is -3.40. The van der Waals surface area contributed by atoms with E-state index in [9.17, 15) is 18.4 Å². The average Bonchev–Trinajstić information content (AvgIpc) is 3.12. The predicted octanol–water partition coefficient (Wildman–Crippen LogP) is 4.84. The molecule has 0 aliphatic carbocycles. The van der Waals surface area contributed by atoms with E-state index in [0.29, 0.717) is 33.7 Å². The molecule has 0 aliphatic heterocycles. The van der Waals surface area contributed by atoms with Crippen molar-refractivity contribution in [3.63, 3.8) is 0 Å². The third-order valence-corrected chi connectivity index (χ3v) is 4.45. The summed E-state index contributed by atoms with van der Waals surface area (Å²) in [5.74, 6) is -3.61. The number of halogens is 2. The molecule has 30 heavy (non-hydrogen) atoms. The lowest BCUT2D eigenvalue weighted by Gasteiger charge is -2.12.